The molecule has 0 spiro atoms. The van der Waals surface area contributed by atoms with Gasteiger partial charge in [-0.3, -0.25) is 14.6 Å². The average molecular weight is 351 g/mol. The van der Waals surface area contributed by atoms with Crippen molar-refractivity contribution in [2.75, 3.05) is 0 Å². The third-order valence-corrected chi connectivity index (χ3v) is 4.77. The fraction of sp³-hybridized carbons (Fsp3) is 0.381. The Kier molecular flexibility index (Phi) is 6.00. The van der Waals surface area contributed by atoms with E-state index < -0.39 is 0 Å². The molecule has 2 N–H and O–H groups in total. The molecule has 0 atom stereocenters. The molecule has 1 saturated carbocycles. The van der Waals surface area contributed by atoms with Gasteiger partial charge in [0.2, 0.25) is 0 Å². The van der Waals surface area contributed by atoms with E-state index in [4.69, 9.17) is 0 Å². The normalized spacial score (nSPS) is 14.7. The van der Waals surface area contributed by atoms with Crippen LogP contribution in [-0.4, -0.2) is 22.8 Å². The van der Waals surface area contributed by atoms with E-state index in [9.17, 15) is 9.59 Å². The SMILES string of the molecule is Cc1ccc(CNC(=O)c2cc(C(=O)NC3CCCCC3)ccn2)cc1. The lowest BCUT2D eigenvalue weighted by atomic mass is 9.95. The summed E-state index contributed by atoms with van der Waals surface area (Å²) in [6, 6.07) is 11.4. The van der Waals surface area contributed by atoms with Crippen molar-refractivity contribution in [2.45, 2.75) is 51.6 Å². The number of nitrogens with one attached hydrogen (secondary N) is 2. The second-order valence-electron chi connectivity index (χ2n) is 6.91. The lowest BCUT2D eigenvalue weighted by Crippen LogP contribution is -2.36. The summed E-state index contributed by atoms with van der Waals surface area (Å²) in [6.45, 7) is 2.45. The summed E-state index contributed by atoms with van der Waals surface area (Å²) < 4.78 is 0. The molecule has 1 heterocycles. The van der Waals surface area contributed by atoms with E-state index in [-0.39, 0.29) is 23.6 Å². The van der Waals surface area contributed by atoms with Gasteiger partial charge in [-0.25, -0.2) is 0 Å². The quantitative estimate of drug-likeness (QED) is 0.867. The highest BCUT2D eigenvalue weighted by atomic mass is 16.2. The van der Waals surface area contributed by atoms with Gasteiger partial charge < -0.3 is 10.6 Å². The fourth-order valence-electron chi connectivity index (χ4n) is 3.19. The predicted molar refractivity (Wildman–Crippen MR) is 101 cm³/mol. The molecule has 0 unspecified atom stereocenters. The van der Waals surface area contributed by atoms with E-state index in [2.05, 4.69) is 15.6 Å². The smallest absolute Gasteiger partial charge is 0.270 e. The van der Waals surface area contributed by atoms with Crippen LogP contribution < -0.4 is 10.6 Å². The van der Waals surface area contributed by atoms with Gasteiger partial charge in [-0.05, 0) is 37.5 Å². The van der Waals surface area contributed by atoms with Crippen molar-refractivity contribution in [2.24, 2.45) is 0 Å². The minimum atomic E-state index is -0.280. The highest BCUT2D eigenvalue weighted by Crippen LogP contribution is 2.18. The van der Waals surface area contributed by atoms with Crippen LogP contribution in [0.2, 0.25) is 0 Å². The minimum absolute atomic E-state index is 0.133. The van der Waals surface area contributed by atoms with Gasteiger partial charge in [0.25, 0.3) is 11.8 Å². The van der Waals surface area contributed by atoms with Crippen LogP contribution in [-0.2, 0) is 6.54 Å². The van der Waals surface area contributed by atoms with Crippen LogP contribution >= 0.6 is 0 Å². The number of hydrogen-bond acceptors (Lipinski definition) is 3. The Morgan fingerprint density at radius 3 is 2.50 bits per heavy atom. The lowest BCUT2D eigenvalue weighted by molar-refractivity contribution is 0.0927. The molecule has 26 heavy (non-hydrogen) atoms. The van der Waals surface area contributed by atoms with Crippen LogP contribution in [0.4, 0.5) is 0 Å². The molecule has 1 aliphatic carbocycles. The van der Waals surface area contributed by atoms with E-state index in [0.29, 0.717) is 12.1 Å². The standard InChI is InChI=1S/C21H25N3O2/c1-15-7-9-16(10-8-15)14-23-21(26)19-13-17(11-12-22-19)20(25)24-18-5-3-2-4-6-18/h7-13,18H,2-6,14H2,1H3,(H,23,26)(H,24,25). The first-order valence-corrected chi connectivity index (χ1v) is 9.22. The first-order chi connectivity index (χ1) is 12.6. The zero-order valence-electron chi connectivity index (χ0n) is 15.1. The molecule has 5 heteroatoms. The molecule has 0 saturated heterocycles. The number of aromatic nitrogens is 1. The maximum absolute atomic E-state index is 12.4. The summed E-state index contributed by atoms with van der Waals surface area (Å²) in [4.78, 5) is 28.9. The monoisotopic (exact) mass is 351 g/mol. The Hall–Kier alpha value is -2.69. The molecular weight excluding hydrogens is 326 g/mol. The molecule has 3 rings (SSSR count). The van der Waals surface area contributed by atoms with Crippen molar-refractivity contribution in [1.82, 2.24) is 15.6 Å². The summed E-state index contributed by atoms with van der Waals surface area (Å²) in [5.41, 5.74) is 2.94. The van der Waals surface area contributed by atoms with Crippen LogP contribution in [0.3, 0.4) is 0 Å². The number of carbonyl (C=O) groups is 2. The molecular formula is C21H25N3O2. The largest absolute Gasteiger partial charge is 0.349 e. The summed E-state index contributed by atoms with van der Waals surface area (Å²) in [7, 11) is 0. The number of rotatable bonds is 5. The highest BCUT2D eigenvalue weighted by molar-refractivity contribution is 5.98. The van der Waals surface area contributed by atoms with Gasteiger partial charge in [0.1, 0.15) is 5.69 Å². The lowest BCUT2D eigenvalue weighted by Gasteiger charge is -2.22. The molecule has 1 aromatic carbocycles. The Morgan fingerprint density at radius 2 is 1.77 bits per heavy atom. The van der Waals surface area contributed by atoms with Crippen LogP contribution in [0.15, 0.2) is 42.6 Å². The van der Waals surface area contributed by atoms with E-state index in [0.717, 1.165) is 31.2 Å². The Labute approximate surface area is 154 Å². The van der Waals surface area contributed by atoms with Crippen LogP contribution in [0.25, 0.3) is 0 Å². The number of carbonyl (C=O) groups excluding carboxylic acids is 2. The number of aryl methyl sites for hydroxylation is 1. The summed E-state index contributed by atoms with van der Waals surface area (Å²) in [5, 5.41) is 5.92. The second-order valence-corrected chi connectivity index (χ2v) is 6.91. The Bertz CT molecular complexity index is 765. The Morgan fingerprint density at radius 1 is 1.04 bits per heavy atom. The summed E-state index contributed by atoms with van der Waals surface area (Å²) >= 11 is 0. The van der Waals surface area contributed by atoms with Crippen molar-refractivity contribution < 1.29 is 9.59 Å². The number of amides is 2. The molecule has 0 aliphatic heterocycles. The molecule has 1 fully saturated rings. The van der Waals surface area contributed by atoms with Crippen molar-refractivity contribution in [3.8, 4) is 0 Å². The first kappa shape index (κ1) is 18.1. The maximum Gasteiger partial charge on any atom is 0.270 e. The van der Waals surface area contributed by atoms with E-state index in [1.807, 2.05) is 31.2 Å². The third-order valence-electron chi connectivity index (χ3n) is 4.77. The summed E-state index contributed by atoms with van der Waals surface area (Å²) in [5.74, 6) is -0.412. The van der Waals surface area contributed by atoms with Gasteiger partial charge in [0.05, 0.1) is 0 Å². The van der Waals surface area contributed by atoms with Crippen molar-refractivity contribution in [1.29, 1.82) is 0 Å². The second kappa shape index (κ2) is 8.61. The van der Waals surface area contributed by atoms with Crippen molar-refractivity contribution >= 4 is 11.8 Å². The number of nitrogens with zero attached hydrogens (tertiary/aromatic N) is 1. The van der Waals surface area contributed by atoms with Gasteiger partial charge >= 0.3 is 0 Å². The summed E-state index contributed by atoms with van der Waals surface area (Å²) in [6.07, 6.45) is 7.13. The molecule has 136 valence electrons. The number of benzene rings is 1. The zero-order valence-corrected chi connectivity index (χ0v) is 15.1. The maximum atomic E-state index is 12.4. The fourth-order valence-corrected chi connectivity index (χ4v) is 3.19. The Balaban J connectivity index is 1.59. The average Bonchev–Trinajstić information content (AvgIpc) is 2.68. The van der Waals surface area contributed by atoms with Gasteiger partial charge in [0, 0.05) is 24.3 Å². The van der Waals surface area contributed by atoms with E-state index in [1.165, 1.54) is 18.2 Å². The van der Waals surface area contributed by atoms with Crippen LogP contribution in [0.1, 0.15) is 64.1 Å². The highest BCUT2D eigenvalue weighted by Gasteiger charge is 2.18. The zero-order chi connectivity index (χ0) is 18.4. The van der Waals surface area contributed by atoms with Gasteiger partial charge in [-0.1, -0.05) is 49.1 Å². The van der Waals surface area contributed by atoms with Crippen LogP contribution in [0, 0.1) is 6.92 Å². The van der Waals surface area contributed by atoms with Crippen molar-refractivity contribution in [3.63, 3.8) is 0 Å². The van der Waals surface area contributed by atoms with Crippen LogP contribution in [0.5, 0.6) is 0 Å². The van der Waals surface area contributed by atoms with E-state index in [1.54, 1.807) is 12.1 Å². The molecule has 1 aliphatic rings. The van der Waals surface area contributed by atoms with Crippen molar-refractivity contribution in [3.05, 3.63) is 65.0 Å². The first-order valence-electron chi connectivity index (χ1n) is 9.22. The predicted octanol–water partition coefficient (Wildman–Crippen LogP) is 3.38. The van der Waals surface area contributed by atoms with Gasteiger partial charge in [0.15, 0.2) is 0 Å². The third kappa shape index (κ3) is 4.91. The van der Waals surface area contributed by atoms with E-state index >= 15 is 0 Å². The minimum Gasteiger partial charge on any atom is -0.349 e. The topological polar surface area (TPSA) is 71.1 Å². The van der Waals surface area contributed by atoms with Gasteiger partial charge in [-0.15, -0.1) is 0 Å². The number of hydrogen-bond donors (Lipinski definition) is 2. The molecule has 5 nitrogen and oxygen atoms in total. The molecule has 2 aromatic rings. The molecule has 0 bridgehead atoms. The molecule has 2 amide bonds. The number of pyridine rings is 1. The van der Waals surface area contributed by atoms with Gasteiger partial charge in [-0.2, -0.15) is 0 Å². The molecule has 0 radical (unpaired) electrons. The molecule has 1 aromatic heterocycles.